The van der Waals surface area contributed by atoms with Gasteiger partial charge in [0.05, 0.1) is 0 Å². The van der Waals surface area contributed by atoms with Crippen LogP contribution in [0.1, 0.15) is 10.5 Å². The highest BCUT2D eigenvalue weighted by molar-refractivity contribution is 8.00. The number of pyridine rings is 1. The van der Waals surface area contributed by atoms with E-state index in [0.29, 0.717) is 5.65 Å². The molecule has 0 aliphatic rings. The summed E-state index contributed by atoms with van der Waals surface area (Å²) in [6.07, 6.45) is 1.53. The average Bonchev–Trinajstić information content (AvgIpc) is 2.71. The van der Waals surface area contributed by atoms with Gasteiger partial charge in [0.2, 0.25) is 0 Å². The first-order chi connectivity index (χ1) is 9.38. The Morgan fingerprint density at radius 3 is 2.85 bits per heavy atom. The number of nitrogens with one attached hydrogen (secondary N) is 1. The minimum Gasteiger partial charge on any atom is -0.476 e. The molecule has 0 fully saturated rings. The Hall–Kier alpha value is -1.90. The van der Waals surface area contributed by atoms with Crippen molar-refractivity contribution >= 4 is 29.2 Å². The Morgan fingerprint density at radius 1 is 1.45 bits per heavy atom. The number of halogens is 3. The smallest absolute Gasteiger partial charge is 0.441 e. The molecule has 2 heterocycles. The number of nitrogens with zero attached hydrogens (tertiary/aromatic N) is 2. The van der Waals surface area contributed by atoms with Gasteiger partial charge in [-0.1, -0.05) is 6.07 Å². The first kappa shape index (κ1) is 14.5. The topological polar surface area (TPSA) is 66.6 Å². The Bertz CT molecular complexity index is 627. The van der Waals surface area contributed by atoms with Crippen molar-refractivity contribution in [3.8, 4) is 0 Å². The lowest BCUT2D eigenvalue weighted by Gasteiger charge is -2.06. The summed E-state index contributed by atoms with van der Waals surface area (Å²) in [5, 5.41) is 11.8. The van der Waals surface area contributed by atoms with Crippen LogP contribution in [-0.4, -0.2) is 38.3 Å². The standard InChI is InChI=1S/C11H10F3N3O2S/c12-11(13,14)20-6-4-15-9-8(10(18)19)17-5-2-1-3-7(17)16-9/h1-3,5,15H,4,6H2,(H,18,19). The Balaban J connectivity index is 2.13. The van der Waals surface area contributed by atoms with E-state index in [2.05, 4.69) is 10.3 Å². The quantitative estimate of drug-likeness (QED) is 0.831. The molecular weight excluding hydrogens is 295 g/mol. The average molecular weight is 305 g/mol. The summed E-state index contributed by atoms with van der Waals surface area (Å²) in [6.45, 7) is -0.0334. The van der Waals surface area contributed by atoms with Crippen LogP contribution in [0.15, 0.2) is 24.4 Å². The molecule has 2 aromatic heterocycles. The monoisotopic (exact) mass is 305 g/mol. The predicted octanol–water partition coefficient (Wildman–Crippen LogP) is 2.70. The molecule has 0 bridgehead atoms. The zero-order valence-corrected chi connectivity index (χ0v) is 10.8. The van der Waals surface area contributed by atoms with Gasteiger partial charge in [-0.25, -0.2) is 9.78 Å². The molecular formula is C11H10F3N3O2S. The van der Waals surface area contributed by atoms with E-state index in [0.717, 1.165) is 0 Å². The van der Waals surface area contributed by atoms with Crippen LogP contribution in [0.25, 0.3) is 5.65 Å². The number of imidazole rings is 1. The Labute approximate surface area is 115 Å². The van der Waals surface area contributed by atoms with Crippen molar-refractivity contribution in [2.45, 2.75) is 5.51 Å². The van der Waals surface area contributed by atoms with Crippen LogP contribution in [-0.2, 0) is 0 Å². The number of rotatable bonds is 5. The van der Waals surface area contributed by atoms with E-state index >= 15 is 0 Å². The van der Waals surface area contributed by atoms with E-state index in [1.54, 1.807) is 18.2 Å². The number of carbonyl (C=O) groups is 1. The number of carboxylic acids is 1. The van der Waals surface area contributed by atoms with E-state index in [1.807, 2.05) is 0 Å². The van der Waals surface area contributed by atoms with Gasteiger partial charge in [-0.2, -0.15) is 13.2 Å². The van der Waals surface area contributed by atoms with Gasteiger partial charge in [0.1, 0.15) is 5.65 Å². The lowest BCUT2D eigenvalue weighted by atomic mass is 10.4. The second-order valence-corrected chi connectivity index (χ2v) is 4.92. The number of hydrogen-bond acceptors (Lipinski definition) is 4. The third-order valence-corrected chi connectivity index (χ3v) is 3.13. The highest BCUT2D eigenvalue weighted by Gasteiger charge is 2.27. The maximum absolute atomic E-state index is 12.0. The number of aromatic carboxylic acids is 1. The van der Waals surface area contributed by atoms with Gasteiger partial charge in [0.25, 0.3) is 0 Å². The summed E-state index contributed by atoms with van der Waals surface area (Å²) in [5.41, 5.74) is -3.98. The van der Waals surface area contributed by atoms with Crippen molar-refractivity contribution in [2.75, 3.05) is 17.6 Å². The molecule has 0 saturated heterocycles. The zero-order valence-electron chi connectivity index (χ0n) is 10.0. The fourth-order valence-corrected chi connectivity index (χ4v) is 2.10. The van der Waals surface area contributed by atoms with Crippen molar-refractivity contribution in [2.24, 2.45) is 0 Å². The van der Waals surface area contributed by atoms with Gasteiger partial charge in [-0.3, -0.25) is 4.40 Å². The minimum absolute atomic E-state index is 0.0334. The van der Waals surface area contributed by atoms with Crippen LogP contribution in [0.3, 0.4) is 0 Å². The number of fused-ring (bicyclic) bond motifs is 1. The lowest BCUT2D eigenvalue weighted by Crippen LogP contribution is -2.12. The van der Waals surface area contributed by atoms with E-state index in [1.165, 1.54) is 10.6 Å². The SMILES string of the molecule is O=C(O)c1c(NCCSC(F)(F)F)nc2ccccn12. The molecule has 0 aromatic carbocycles. The Morgan fingerprint density at radius 2 is 2.20 bits per heavy atom. The van der Waals surface area contributed by atoms with Gasteiger partial charge in [0.15, 0.2) is 11.5 Å². The van der Waals surface area contributed by atoms with Crippen molar-refractivity contribution in [1.82, 2.24) is 9.38 Å². The van der Waals surface area contributed by atoms with Crippen molar-refractivity contribution in [1.29, 1.82) is 0 Å². The largest absolute Gasteiger partial charge is 0.476 e. The zero-order chi connectivity index (χ0) is 14.8. The van der Waals surface area contributed by atoms with Gasteiger partial charge in [-0.05, 0) is 23.9 Å². The van der Waals surface area contributed by atoms with Gasteiger partial charge < -0.3 is 10.4 Å². The van der Waals surface area contributed by atoms with Crippen LogP contribution < -0.4 is 5.32 Å². The highest BCUT2D eigenvalue weighted by Crippen LogP contribution is 2.29. The molecule has 5 nitrogen and oxygen atoms in total. The molecule has 2 N–H and O–H groups in total. The van der Waals surface area contributed by atoms with Crippen molar-refractivity contribution in [3.05, 3.63) is 30.1 Å². The molecule has 20 heavy (non-hydrogen) atoms. The number of carboxylic acid groups (broad SMARTS) is 1. The normalized spacial score (nSPS) is 11.8. The first-order valence-electron chi connectivity index (χ1n) is 5.53. The molecule has 0 atom stereocenters. The molecule has 9 heteroatoms. The van der Waals surface area contributed by atoms with Crippen molar-refractivity contribution < 1.29 is 23.1 Å². The number of thioether (sulfide) groups is 1. The summed E-state index contributed by atoms with van der Waals surface area (Å²) >= 11 is -0.171. The second-order valence-electron chi connectivity index (χ2n) is 3.76. The fourth-order valence-electron chi connectivity index (χ4n) is 1.66. The lowest BCUT2D eigenvalue weighted by molar-refractivity contribution is -0.0327. The molecule has 0 radical (unpaired) electrons. The molecule has 0 saturated carbocycles. The van der Waals surface area contributed by atoms with E-state index in [4.69, 9.17) is 5.11 Å². The number of hydrogen-bond donors (Lipinski definition) is 2. The van der Waals surface area contributed by atoms with E-state index in [9.17, 15) is 18.0 Å². The van der Waals surface area contributed by atoms with E-state index in [-0.39, 0.29) is 35.6 Å². The molecule has 0 aliphatic carbocycles. The van der Waals surface area contributed by atoms with Crippen LogP contribution in [0, 0.1) is 0 Å². The maximum Gasteiger partial charge on any atom is 0.441 e. The van der Waals surface area contributed by atoms with Gasteiger partial charge >= 0.3 is 11.5 Å². The number of aromatic nitrogens is 2. The third-order valence-electron chi connectivity index (χ3n) is 2.39. The summed E-state index contributed by atoms with van der Waals surface area (Å²) < 4.78 is 37.3. The molecule has 2 aromatic rings. The number of alkyl halides is 3. The molecule has 2 rings (SSSR count). The molecule has 0 spiro atoms. The fraction of sp³-hybridized carbons (Fsp3) is 0.273. The van der Waals surface area contributed by atoms with Crippen molar-refractivity contribution in [3.63, 3.8) is 0 Å². The summed E-state index contributed by atoms with van der Waals surface area (Å²) in [6, 6.07) is 4.95. The van der Waals surface area contributed by atoms with E-state index < -0.39 is 11.5 Å². The van der Waals surface area contributed by atoms with Gasteiger partial charge in [-0.15, -0.1) is 0 Å². The van der Waals surface area contributed by atoms with Crippen LogP contribution >= 0.6 is 11.8 Å². The van der Waals surface area contributed by atoms with Gasteiger partial charge in [0, 0.05) is 18.5 Å². The summed E-state index contributed by atoms with van der Waals surface area (Å²) in [7, 11) is 0. The second kappa shape index (κ2) is 5.61. The molecule has 0 aliphatic heterocycles. The van der Waals surface area contributed by atoms with Crippen LogP contribution in [0.2, 0.25) is 0 Å². The molecule has 108 valence electrons. The van der Waals surface area contributed by atoms with Crippen LogP contribution in [0.5, 0.6) is 0 Å². The Kier molecular flexibility index (Phi) is 4.07. The summed E-state index contributed by atoms with van der Waals surface area (Å²) in [4.78, 5) is 15.3. The molecule has 0 amide bonds. The highest BCUT2D eigenvalue weighted by atomic mass is 32.2. The molecule has 0 unspecified atom stereocenters. The summed E-state index contributed by atoms with van der Waals surface area (Å²) in [5.74, 6) is -1.36. The number of anilines is 1. The minimum atomic E-state index is -4.30. The maximum atomic E-state index is 12.0. The third kappa shape index (κ3) is 3.35. The predicted molar refractivity (Wildman–Crippen MR) is 69.2 cm³/mol. The van der Waals surface area contributed by atoms with Crippen LogP contribution in [0.4, 0.5) is 19.0 Å². The first-order valence-corrected chi connectivity index (χ1v) is 6.52.